The van der Waals surface area contributed by atoms with Crippen LogP contribution in [0, 0.1) is 17.6 Å². The smallest absolute Gasteiger partial charge is 0.240 e. The first kappa shape index (κ1) is 19.4. The van der Waals surface area contributed by atoms with Crippen LogP contribution in [0.25, 0.3) is 22.4 Å². The van der Waals surface area contributed by atoms with Gasteiger partial charge in [-0.25, -0.2) is 13.8 Å². The molecule has 1 aliphatic carbocycles. The van der Waals surface area contributed by atoms with Crippen molar-refractivity contribution in [3.8, 4) is 17.1 Å². The summed E-state index contributed by atoms with van der Waals surface area (Å²) in [6.07, 6.45) is 4.87. The minimum atomic E-state index is -0.980. The number of amides is 1. The number of nitrogens with zero attached hydrogens (tertiary/aromatic N) is 2. The summed E-state index contributed by atoms with van der Waals surface area (Å²) >= 11 is 0. The molecule has 1 saturated carbocycles. The fourth-order valence-electron chi connectivity index (χ4n) is 4.34. The van der Waals surface area contributed by atoms with E-state index in [0.29, 0.717) is 22.7 Å². The molecule has 1 atom stereocenters. The number of benzene rings is 2. The minimum Gasteiger partial charge on any atom is -0.497 e. The average molecular weight is 399 g/mol. The zero-order valence-electron chi connectivity index (χ0n) is 16.2. The Morgan fingerprint density at radius 1 is 1.14 bits per heavy atom. The Labute approximate surface area is 167 Å². The maximum absolute atomic E-state index is 14.1. The number of fused-ring (bicyclic) bond motifs is 1. The Kier molecular flexibility index (Phi) is 5.22. The van der Waals surface area contributed by atoms with E-state index in [1.54, 1.807) is 23.8 Å². The lowest BCUT2D eigenvalue weighted by atomic mass is 9.83. The summed E-state index contributed by atoms with van der Waals surface area (Å²) in [5.74, 6) is -1.28. The molecule has 0 aliphatic heterocycles. The topological polar surface area (TPSA) is 70.1 Å². The molecule has 1 unspecified atom stereocenters. The first-order valence-corrected chi connectivity index (χ1v) is 9.80. The van der Waals surface area contributed by atoms with Gasteiger partial charge in [0.05, 0.1) is 18.1 Å². The van der Waals surface area contributed by atoms with Gasteiger partial charge in [-0.2, -0.15) is 0 Å². The van der Waals surface area contributed by atoms with E-state index in [1.807, 2.05) is 12.1 Å². The van der Waals surface area contributed by atoms with E-state index < -0.39 is 23.6 Å². The number of rotatable bonds is 5. The SMILES string of the molecule is COc1ccc(-c2nc3cc(F)c(F)cc3n2C(C(N)=O)C2CCCCC2)cc1. The highest BCUT2D eigenvalue weighted by molar-refractivity contribution is 5.86. The van der Waals surface area contributed by atoms with Gasteiger partial charge < -0.3 is 15.0 Å². The standard InChI is InChI=1S/C22H23F2N3O2/c1-29-15-9-7-14(8-10-15)22-26-18-11-16(23)17(24)12-19(18)27(22)20(21(25)28)13-5-3-2-4-6-13/h7-13,20H,2-6H2,1H3,(H2,25,28). The van der Waals surface area contributed by atoms with E-state index in [9.17, 15) is 13.6 Å². The Morgan fingerprint density at radius 3 is 2.41 bits per heavy atom. The molecule has 5 nitrogen and oxygen atoms in total. The van der Waals surface area contributed by atoms with Crippen molar-refractivity contribution in [2.75, 3.05) is 7.11 Å². The van der Waals surface area contributed by atoms with Gasteiger partial charge in [-0.1, -0.05) is 19.3 Å². The van der Waals surface area contributed by atoms with Gasteiger partial charge in [0.1, 0.15) is 17.6 Å². The second kappa shape index (κ2) is 7.81. The van der Waals surface area contributed by atoms with Gasteiger partial charge in [-0.15, -0.1) is 0 Å². The minimum absolute atomic E-state index is 0.0313. The quantitative estimate of drug-likeness (QED) is 0.682. The summed E-state index contributed by atoms with van der Waals surface area (Å²) in [4.78, 5) is 17.1. The first-order chi connectivity index (χ1) is 14.0. The van der Waals surface area contributed by atoms with E-state index >= 15 is 0 Å². The molecular formula is C22H23F2N3O2. The molecule has 1 fully saturated rings. The number of primary amides is 1. The summed E-state index contributed by atoms with van der Waals surface area (Å²) in [6.45, 7) is 0. The van der Waals surface area contributed by atoms with Crippen molar-refractivity contribution in [2.45, 2.75) is 38.1 Å². The van der Waals surface area contributed by atoms with Crippen LogP contribution >= 0.6 is 0 Å². The van der Waals surface area contributed by atoms with Crippen LogP contribution in [0.15, 0.2) is 36.4 Å². The highest BCUT2D eigenvalue weighted by Gasteiger charge is 2.33. The number of ether oxygens (including phenoxy) is 1. The van der Waals surface area contributed by atoms with Crippen LogP contribution in [0.1, 0.15) is 38.1 Å². The largest absolute Gasteiger partial charge is 0.497 e. The lowest BCUT2D eigenvalue weighted by Gasteiger charge is -2.30. The third-order valence-corrected chi connectivity index (χ3v) is 5.75. The maximum Gasteiger partial charge on any atom is 0.240 e. The molecule has 1 amide bonds. The molecule has 2 aromatic carbocycles. The van der Waals surface area contributed by atoms with Crippen LogP contribution in [0.3, 0.4) is 0 Å². The Balaban J connectivity index is 1.95. The van der Waals surface area contributed by atoms with Crippen molar-refractivity contribution in [3.63, 3.8) is 0 Å². The van der Waals surface area contributed by atoms with Crippen LogP contribution in [0.5, 0.6) is 5.75 Å². The van der Waals surface area contributed by atoms with Crippen molar-refractivity contribution < 1.29 is 18.3 Å². The van der Waals surface area contributed by atoms with Crippen LogP contribution in [0.4, 0.5) is 8.78 Å². The number of hydrogen-bond donors (Lipinski definition) is 1. The number of imidazole rings is 1. The molecule has 29 heavy (non-hydrogen) atoms. The number of nitrogens with two attached hydrogens (primary N) is 1. The summed E-state index contributed by atoms with van der Waals surface area (Å²) in [7, 11) is 1.57. The third-order valence-electron chi connectivity index (χ3n) is 5.75. The molecule has 1 aliphatic rings. The average Bonchev–Trinajstić information content (AvgIpc) is 3.07. The molecule has 4 rings (SSSR count). The number of carbonyl (C=O) groups excluding carboxylic acids is 1. The molecule has 0 saturated heterocycles. The molecule has 1 aromatic heterocycles. The van der Waals surface area contributed by atoms with Crippen molar-refractivity contribution in [1.29, 1.82) is 0 Å². The van der Waals surface area contributed by atoms with E-state index in [1.165, 1.54) is 0 Å². The van der Waals surface area contributed by atoms with Gasteiger partial charge in [0.15, 0.2) is 11.6 Å². The second-order valence-electron chi connectivity index (χ2n) is 7.53. The van der Waals surface area contributed by atoms with Gasteiger partial charge in [0.25, 0.3) is 0 Å². The Bertz CT molecular complexity index is 1040. The molecule has 7 heteroatoms. The highest BCUT2D eigenvalue weighted by Crippen LogP contribution is 2.38. The normalized spacial score (nSPS) is 16.1. The summed E-state index contributed by atoms with van der Waals surface area (Å²) < 4.78 is 34.9. The summed E-state index contributed by atoms with van der Waals surface area (Å²) in [5.41, 5.74) is 7.20. The zero-order chi connectivity index (χ0) is 20.5. The lowest BCUT2D eigenvalue weighted by molar-refractivity contribution is -0.122. The number of carbonyl (C=O) groups is 1. The van der Waals surface area contributed by atoms with E-state index in [2.05, 4.69) is 4.98 Å². The Hall–Kier alpha value is -2.96. The van der Waals surface area contributed by atoms with Crippen molar-refractivity contribution in [2.24, 2.45) is 11.7 Å². The van der Waals surface area contributed by atoms with Gasteiger partial charge in [0.2, 0.25) is 5.91 Å². The summed E-state index contributed by atoms with van der Waals surface area (Å²) in [5, 5.41) is 0. The molecule has 3 aromatic rings. The number of methoxy groups -OCH3 is 1. The maximum atomic E-state index is 14.1. The van der Waals surface area contributed by atoms with E-state index in [-0.39, 0.29) is 11.4 Å². The monoisotopic (exact) mass is 399 g/mol. The number of aromatic nitrogens is 2. The number of halogens is 2. The van der Waals surface area contributed by atoms with Crippen LogP contribution in [-0.4, -0.2) is 22.6 Å². The predicted molar refractivity (Wildman–Crippen MR) is 106 cm³/mol. The molecular weight excluding hydrogens is 376 g/mol. The highest BCUT2D eigenvalue weighted by atomic mass is 19.2. The van der Waals surface area contributed by atoms with Gasteiger partial charge in [-0.3, -0.25) is 4.79 Å². The molecule has 1 heterocycles. The van der Waals surface area contributed by atoms with E-state index in [0.717, 1.165) is 44.2 Å². The van der Waals surface area contributed by atoms with Gasteiger partial charge in [-0.05, 0) is 43.0 Å². The van der Waals surface area contributed by atoms with Crippen molar-refractivity contribution in [1.82, 2.24) is 9.55 Å². The van der Waals surface area contributed by atoms with Gasteiger partial charge >= 0.3 is 0 Å². The predicted octanol–water partition coefficient (Wildman–Crippen LogP) is 4.60. The van der Waals surface area contributed by atoms with Crippen molar-refractivity contribution >= 4 is 16.9 Å². The Morgan fingerprint density at radius 2 is 1.79 bits per heavy atom. The lowest BCUT2D eigenvalue weighted by Crippen LogP contribution is -2.34. The van der Waals surface area contributed by atoms with Crippen molar-refractivity contribution in [3.05, 3.63) is 48.0 Å². The molecule has 0 spiro atoms. The number of hydrogen-bond acceptors (Lipinski definition) is 3. The van der Waals surface area contributed by atoms with Crippen LogP contribution in [-0.2, 0) is 4.79 Å². The van der Waals surface area contributed by atoms with Crippen LogP contribution < -0.4 is 10.5 Å². The second-order valence-corrected chi connectivity index (χ2v) is 7.53. The molecule has 152 valence electrons. The van der Waals surface area contributed by atoms with Gasteiger partial charge in [0, 0.05) is 17.7 Å². The van der Waals surface area contributed by atoms with E-state index in [4.69, 9.17) is 10.5 Å². The molecule has 0 radical (unpaired) electrons. The fraction of sp³-hybridized carbons (Fsp3) is 0.364. The van der Waals surface area contributed by atoms with Crippen LogP contribution in [0.2, 0.25) is 0 Å². The summed E-state index contributed by atoms with van der Waals surface area (Å²) in [6, 6.07) is 8.66. The fourth-order valence-corrected chi connectivity index (χ4v) is 4.34. The first-order valence-electron chi connectivity index (χ1n) is 9.80. The molecule has 2 N–H and O–H groups in total. The zero-order valence-corrected chi connectivity index (χ0v) is 16.2. The molecule has 0 bridgehead atoms. The third kappa shape index (κ3) is 3.57.